The van der Waals surface area contributed by atoms with Crippen LogP contribution in [-0.2, 0) is 32.0 Å². The lowest BCUT2D eigenvalue weighted by molar-refractivity contribution is -0.116. The number of benzene rings is 4. The fraction of sp³-hybridized carbons (Fsp3) is 0.239. The van der Waals surface area contributed by atoms with Crippen molar-refractivity contribution in [2.45, 2.75) is 49.5 Å². The molecule has 5 aromatic rings. The quantitative estimate of drug-likeness (QED) is 0.0593. The molecule has 0 fully saturated rings. The zero-order chi connectivity index (χ0) is 43.7. The first-order chi connectivity index (χ1) is 29.3. The van der Waals surface area contributed by atoms with Gasteiger partial charge in [0.15, 0.2) is 0 Å². The van der Waals surface area contributed by atoms with Gasteiger partial charge in [-0.15, -0.1) is 23.1 Å². The topological polar surface area (TPSA) is 162 Å². The zero-order valence-electron chi connectivity index (χ0n) is 34.5. The number of esters is 1. The van der Waals surface area contributed by atoms with Crippen LogP contribution in [0.5, 0.6) is 11.5 Å². The highest BCUT2D eigenvalue weighted by Crippen LogP contribution is 2.41. The standard InChI is InChI=1S/C46H46N4O9S2/c1-46(2,3)59-45(55)50-23-22-34-37(27-50)61-43(38(34)44(54)58-6)49-42(53)39(28-14-9-7-10-15-28)60-33-19-13-18-31(25-33)47-41(52)35(48-40(51)29-16-11-8-12-17-29)24-30-20-21-32(56-4)26-36(30)57-5/h7-21,24-26,39H,22-23,27H2,1-6H3,(H,47,52)(H,48,51)(H,49,53)/b35-24+. The van der Waals surface area contributed by atoms with E-state index in [9.17, 15) is 24.0 Å². The average Bonchev–Trinajstić information content (AvgIpc) is 3.62. The van der Waals surface area contributed by atoms with Crippen molar-refractivity contribution in [1.29, 1.82) is 0 Å². The number of thioether (sulfide) groups is 1. The number of anilines is 2. The number of thiophene rings is 1. The molecule has 1 unspecified atom stereocenters. The van der Waals surface area contributed by atoms with Crippen LogP contribution in [0.4, 0.5) is 15.5 Å². The van der Waals surface area contributed by atoms with Gasteiger partial charge in [-0.1, -0.05) is 54.6 Å². The molecule has 0 radical (unpaired) electrons. The lowest BCUT2D eigenvalue weighted by atomic mass is 10.0. The molecule has 15 heteroatoms. The van der Waals surface area contributed by atoms with Crippen molar-refractivity contribution >= 4 is 69.6 Å². The van der Waals surface area contributed by atoms with E-state index < -0.39 is 40.6 Å². The van der Waals surface area contributed by atoms with Crippen LogP contribution in [0.15, 0.2) is 114 Å². The molecule has 0 spiro atoms. The number of nitrogens with one attached hydrogen (secondary N) is 3. The third kappa shape index (κ3) is 11.2. The number of methoxy groups -OCH3 is 3. The minimum absolute atomic E-state index is 0.0498. The smallest absolute Gasteiger partial charge is 0.410 e. The molecule has 1 aromatic heterocycles. The van der Waals surface area contributed by atoms with Crippen LogP contribution in [0, 0.1) is 0 Å². The van der Waals surface area contributed by atoms with E-state index in [1.54, 1.807) is 92.4 Å². The largest absolute Gasteiger partial charge is 0.497 e. The van der Waals surface area contributed by atoms with Crippen molar-refractivity contribution in [3.63, 3.8) is 0 Å². The minimum Gasteiger partial charge on any atom is -0.497 e. The molecule has 1 aliphatic heterocycles. The fourth-order valence-electron chi connectivity index (χ4n) is 6.39. The Hall–Kier alpha value is -6.58. The molecule has 0 aliphatic carbocycles. The van der Waals surface area contributed by atoms with E-state index in [4.69, 9.17) is 18.9 Å². The van der Waals surface area contributed by atoms with E-state index in [-0.39, 0.29) is 17.8 Å². The number of fused-ring (bicyclic) bond motifs is 1. The molecule has 2 heterocycles. The average molecular weight is 863 g/mol. The molecule has 3 N–H and O–H groups in total. The Morgan fingerprint density at radius 3 is 2.23 bits per heavy atom. The van der Waals surface area contributed by atoms with Gasteiger partial charge in [-0.2, -0.15) is 0 Å². The molecule has 13 nitrogen and oxygen atoms in total. The summed E-state index contributed by atoms with van der Waals surface area (Å²) in [5, 5.41) is 8.16. The summed E-state index contributed by atoms with van der Waals surface area (Å²) in [6.45, 7) is 5.94. The summed E-state index contributed by atoms with van der Waals surface area (Å²) in [5.41, 5.74) is 2.23. The molecule has 6 rings (SSSR count). The van der Waals surface area contributed by atoms with E-state index >= 15 is 0 Å². The number of hydrogen-bond acceptors (Lipinski definition) is 11. The maximum Gasteiger partial charge on any atom is 0.410 e. The molecule has 1 atom stereocenters. The second-order valence-corrected chi connectivity index (χ2v) is 17.0. The first-order valence-electron chi connectivity index (χ1n) is 19.2. The Balaban J connectivity index is 1.26. The molecular weight excluding hydrogens is 817 g/mol. The van der Waals surface area contributed by atoms with Gasteiger partial charge < -0.3 is 39.8 Å². The molecule has 4 amide bonds. The Bertz CT molecular complexity index is 2450. The Kier molecular flexibility index (Phi) is 14.2. The number of carbonyl (C=O) groups excluding carboxylic acids is 5. The number of carbonyl (C=O) groups is 5. The zero-order valence-corrected chi connectivity index (χ0v) is 36.2. The third-order valence-electron chi connectivity index (χ3n) is 9.29. The summed E-state index contributed by atoms with van der Waals surface area (Å²) in [6, 6.07) is 29.8. The minimum atomic E-state index is -0.807. The second-order valence-electron chi connectivity index (χ2n) is 14.7. The van der Waals surface area contributed by atoms with Gasteiger partial charge in [0.2, 0.25) is 5.91 Å². The summed E-state index contributed by atoms with van der Waals surface area (Å²) in [4.78, 5) is 70.8. The van der Waals surface area contributed by atoms with Crippen molar-refractivity contribution in [3.05, 3.63) is 142 Å². The summed E-state index contributed by atoms with van der Waals surface area (Å²) in [5.74, 6) is -1.12. The van der Waals surface area contributed by atoms with Crippen LogP contribution < -0.4 is 25.4 Å². The van der Waals surface area contributed by atoms with E-state index in [0.717, 1.165) is 10.4 Å². The molecule has 1 aliphatic rings. The van der Waals surface area contributed by atoms with Crippen LogP contribution in [0.1, 0.15) is 68.3 Å². The van der Waals surface area contributed by atoms with Crippen LogP contribution in [0.2, 0.25) is 0 Å². The maximum atomic E-state index is 14.4. The molecule has 0 saturated carbocycles. The number of ether oxygens (including phenoxy) is 4. The molecule has 0 bridgehead atoms. The van der Waals surface area contributed by atoms with Gasteiger partial charge in [0.25, 0.3) is 11.8 Å². The normalized spacial score (nSPS) is 13.0. The van der Waals surface area contributed by atoms with Crippen LogP contribution in [-0.4, -0.2) is 68.2 Å². The van der Waals surface area contributed by atoms with E-state index in [0.29, 0.717) is 56.7 Å². The summed E-state index contributed by atoms with van der Waals surface area (Å²) in [6.07, 6.45) is 1.43. The Morgan fingerprint density at radius 1 is 0.836 bits per heavy atom. The van der Waals surface area contributed by atoms with E-state index in [1.807, 2.05) is 36.4 Å². The van der Waals surface area contributed by atoms with Crippen LogP contribution in [0.25, 0.3) is 6.08 Å². The first-order valence-corrected chi connectivity index (χ1v) is 20.9. The number of hydrogen-bond donors (Lipinski definition) is 3. The monoisotopic (exact) mass is 862 g/mol. The summed E-state index contributed by atoms with van der Waals surface area (Å²) < 4.78 is 21.6. The number of rotatable bonds is 13. The van der Waals surface area contributed by atoms with Gasteiger partial charge in [0.05, 0.1) is 33.4 Å². The highest BCUT2D eigenvalue weighted by molar-refractivity contribution is 8.00. The van der Waals surface area contributed by atoms with Gasteiger partial charge in [-0.05, 0) is 86.9 Å². The lowest BCUT2D eigenvalue weighted by Crippen LogP contribution is -2.39. The van der Waals surface area contributed by atoms with Gasteiger partial charge >= 0.3 is 12.1 Å². The van der Waals surface area contributed by atoms with Crippen LogP contribution in [0.3, 0.4) is 0 Å². The van der Waals surface area contributed by atoms with E-state index in [1.165, 1.54) is 50.5 Å². The summed E-state index contributed by atoms with van der Waals surface area (Å²) in [7, 11) is 4.31. The Labute approximate surface area is 362 Å². The second kappa shape index (κ2) is 19.7. The molecule has 61 heavy (non-hydrogen) atoms. The fourth-order valence-corrected chi connectivity index (χ4v) is 8.73. The molecule has 4 aromatic carbocycles. The SMILES string of the molecule is COC(=O)c1c(NC(=O)C(Sc2cccc(NC(=O)/C(=C\c3ccc(OC)cc3OC)NC(=O)c3ccccc3)c2)c2ccccc2)sc2c1CCN(C(=O)OC(C)(C)C)C2. The predicted molar refractivity (Wildman–Crippen MR) is 236 cm³/mol. The predicted octanol–water partition coefficient (Wildman–Crippen LogP) is 8.73. The summed E-state index contributed by atoms with van der Waals surface area (Å²) >= 11 is 2.47. The highest BCUT2D eigenvalue weighted by Gasteiger charge is 2.34. The molecular formula is C46H46N4O9S2. The van der Waals surface area contributed by atoms with Crippen molar-refractivity contribution in [2.24, 2.45) is 0 Å². The van der Waals surface area contributed by atoms with Crippen molar-refractivity contribution in [2.75, 3.05) is 38.5 Å². The number of amides is 4. The Morgan fingerprint density at radius 2 is 1.56 bits per heavy atom. The highest BCUT2D eigenvalue weighted by atomic mass is 32.2. The van der Waals surface area contributed by atoms with Crippen molar-refractivity contribution < 1.29 is 42.9 Å². The number of nitrogens with zero attached hydrogens (tertiary/aromatic N) is 1. The van der Waals surface area contributed by atoms with E-state index in [2.05, 4.69) is 16.0 Å². The molecule has 0 saturated heterocycles. The molecule has 316 valence electrons. The van der Waals surface area contributed by atoms with Crippen molar-refractivity contribution in [1.82, 2.24) is 10.2 Å². The van der Waals surface area contributed by atoms with Crippen molar-refractivity contribution in [3.8, 4) is 11.5 Å². The van der Waals surface area contributed by atoms with Gasteiger partial charge in [-0.3, -0.25) is 14.4 Å². The van der Waals surface area contributed by atoms with Gasteiger partial charge in [-0.25, -0.2) is 9.59 Å². The third-order valence-corrected chi connectivity index (χ3v) is 11.7. The lowest BCUT2D eigenvalue weighted by Gasteiger charge is -2.30. The van der Waals surface area contributed by atoms with Gasteiger partial charge in [0.1, 0.15) is 33.0 Å². The van der Waals surface area contributed by atoms with Gasteiger partial charge in [0, 0.05) is 39.2 Å². The van der Waals surface area contributed by atoms with Crippen LogP contribution >= 0.6 is 23.1 Å². The first kappa shape index (κ1) is 44.0. The maximum absolute atomic E-state index is 14.4.